The Balaban J connectivity index is 3.88. The molecule has 2 nitrogen and oxygen atoms in total. The summed E-state index contributed by atoms with van der Waals surface area (Å²) in [5.74, 6) is 11.9. The normalized spacial score (nSPS) is 11.9. The Morgan fingerprint density at radius 1 is 0.960 bits per heavy atom. The summed E-state index contributed by atoms with van der Waals surface area (Å²) in [6, 6.07) is 0. The average molecular weight is 407 g/mol. The summed E-state index contributed by atoms with van der Waals surface area (Å²) in [5, 5.41) is 0. The molecular weight excluding hydrogens is 376 g/mol. The number of ether oxygens (including phenoxy) is 1. The quantitative estimate of drug-likeness (QED) is 0.171. The van der Waals surface area contributed by atoms with Crippen LogP contribution in [0.3, 0.4) is 0 Å². The zero-order chi connectivity index (χ0) is 18.8. The molecule has 2 unspecified atom stereocenters. The summed E-state index contributed by atoms with van der Waals surface area (Å²) in [6.07, 6.45) is 18.4. The van der Waals surface area contributed by atoms with Gasteiger partial charge in [-0.3, -0.25) is 0 Å². The van der Waals surface area contributed by atoms with Crippen LogP contribution in [0.1, 0.15) is 84.5 Å². The Hall–Kier alpha value is -1.37. The van der Waals surface area contributed by atoms with Crippen molar-refractivity contribution in [2.45, 2.75) is 95.4 Å². The van der Waals surface area contributed by atoms with Crippen molar-refractivity contribution in [2.24, 2.45) is 0 Å². The molecule has 0 aliphatic rings. The number of hydrogen-bond donors (Lipinski definition) is 0. The molecule has 3 heteroatoms. The van der Waals surface area contributed by atoms with E-state index in [1.165, 1.54) is 51.4 Å². The van der Waals surface area contributed by atoms with Crippen molar-refractivity contribution in [1.29, 1.82) is 0 Å². The standard InChI is InChI=1S/C22H31BrO2/c1-4-7-9-11-12-13-14-15-16-18-20(6-3)25-22(24)21(23)19-17-10-8-5-2/h2,20-21H,4,6-7,9,11-16,18H2,1,3H3. The molecule has 25 heavy (non-hydrogen) atoms. The van der Waals surface area contributed by atoms with E-state index in [1.54, 1.807) is 0 Å². The number of unbranched alkanes of at least 4 members (excludes halogenated alkanes) is 8. The van der Waals surface area contributed by atoms with Gasteiger partial charge in [0.25, 0.3) is 0 Å². The van der Waals surface area contributed by atoms with Crippen molar-refractivity contribution in [1.82, 2.24) is 0 Å². The van der Waals surface area contributed by atoms with Crippen LogP contribution in [0, 0.1) is 36.0 Å². The van der Waals surface area contributed by atoms with Crippen molar-refractivity contribution >= 4 is 21.9 Å². The molecule has 0 N–H and O–H groups in total. The maximum absolute atomic E-state index is 12.0. The lowest BCUT2D eigenvalue weighted by atomic mass is 10.0. The largest absolute Gasteiger partial charge is 0.461 e. The molecule has 0 heterocycles. The van der Waals surface area contributed by atoms with Gasteiger partial charge in [-0.05, 0) is 42.9 Å². The fraction of sp³-hybridized carbons (Fsp3) is 0.682. The third kappa shape index (κ3) is 14.7. The molecule has 2 atom stereocenters. The van der Waals surface area contributed by atoms with Gasteiger partial charge in [0.1, 0.15) is 6.10 Å². The van der Waals surface area contributed by atoms with E-state index in [2.05, 4.69) is 52.5 Å². The summed E-state index contributed by atoms with van der Waals surface area (Å²) >= 11 is 3.21. The molecule has 0 aliphatic carbocycles. The van der Waals surface area contributed by atoms with Crippen LogP contribution in [0.25, 0.3) is 0 Å². The monoisotopic (exact) mass is 406 g/mol. The highest BCUT2D eigenvalue weighted by molar-refractivity contribution is 9.10. The fourth-order valence-electron chi connectivity index (χ4n) is 2.48. The van der Waals surface area contributed by atoms with Crippen LogP contribution < -0.4 is 0 Å². The number of esters is 1. The molecule has 0 radical (unpaired) electrons. The van der Waals surface area contributed by atoms with Crippen molar-refractivity contribution in [2.75, 3.05) is 0 Å². The molecular formula is C22H31BrO2. The van der Waals surface area contributed by atoms with E-state index in [1.807, 2.05) is 6.92 Å². The Kier molecular flexibility index (Phi) is 16.5. The Bertz CT molecular complexity index is 510. The van der Waals surface area contributed by atoms with E-state index >= 15 is 0 Å². The number of halogens is 1. The second-order valence-electron chi connectivity index (χ2n) is 6.11. The number of terminal acetylenes is 1. The molecule has 0 rings (SSSR count). The van der Waals surface area contributed by atoms with Crippen LogP contribution in [0.5, 0.6) is 0 Å². The van der Waals surface area contributed by atoms with Gasteiger partial charge in [-0.1, -0.05) is 87.1 Å². The molecule has 0 aromatic rings. The lowest BCUT2D eigenvalue weighted by Gasteiger charge is -2.16. The van der Waals surface area contributed by atoms with Gasteiger partial charge in [0.05, 0.1) is 0 Å². The molecule has 0 aromatic carbocycles. The number of hydrogen-bond acceptors (Lipinski definition) is 2. The summed E-state index contributed by atoms with van der Waals surface area (Å²) < 4.78 is 5.51. The summed E-state index contributed by atoms with van der Waals surface area (Å²) in [5.41, 5.74) is 0. The Labute approximate surface area is 163 Å². The van der Waals surface area contributed by atoms with E-state index in [4.69, 9.17) is 11.2 Å². The van der Waals surface area contributed by atoms with Crippen LogP contribution in [0.15, 0.2) is 0 Å². The van der Waals surface area contributed by atoms with Gasteiger partial charge < -0.3 is 4.74 Å². The highest BCUT2D eigenvalue weighted by Gasteiger charge is 2.18. The maximum Gasteiger partial charge on any atom is 0.332 e. The van der Waals surface area contributed by atoms with Crippen molar-refractivity contribution in [3.8, 4) is 36.0 Å². The number of rotatable bonds is 13. The molecule has 0 amide bonds. The summed E-state index contributed by atoms with van der Waals surface area (Å²) in [6.45, 7) is 4.29. The van der Waals surface area contributed by atoms with Crippen molar-refractivity contribution < 1.29 is 9.53 Å². The fourth-order valence-corrected chi connectivity index (χ4v) is 2.70. The molecule has 0 aromatic heterocycles. The predicted octanol–water partition coefficient (Wildman–Crippen LogP) is 5.63. The van der Waals surface area contributed by atoms with Gasteiger partial charge in [-0.2, -0.15) is 0 Å². The predicted molar refractivity (Wildman–Crippen MR) is 109 cm³/mol. The van der Waals surface area contributed by atoms with E-state index in [0.29, 0.717) is 0 Å². The molecule has 0 fully saturated rings. The second kappa shape index (κ2) is 17.5. The first-order valence-corrected chi connectivity index (χ1v) is 10.4. The smallest absolute Gasteiger partial charge is 0.332 e. The lowest BCUT2D eigenvalue weighted by Crippen LogP contribution is -2.23. The molecule has 0 saturated carbocycles. The molecule has 0 bridgehead atoms. The van der Waals surface area contributed by atoms with Gasteiger partial charge in [-0.15, -0.1) is 6.42 Å². The van der Waals surface area contributed by atoms with E-state index < -0.39 is 4.83 Å². The van der Waals surface area contributed by atoms with Gasteiger partial charge in [-0.25, -0.2) is 4.79 Å². The first kappa shape index (κ1) is 23.6. The highest BCUT2D eigenvalue weighted by atomic mass is 79.9. The number of carbonyl (C=O) groups is 1. The molecule has 0 aliphatic heterocycles. The minimum Gasteiger partial charge on any atom is -0.461 e. The summed E-state index contributed by atoms with van der Waals surface area (Å²) in [7, 11) is 0. The first-order chi connectivity index (χ1) is 12.2. The number of alkyl halides is 1. The van der Waals surface area contributed by atoms with Crippen LogP contribution in [0.4, 0.5) is 0 Å². The average Bonchev–Trinajstić information content (AvgIpc) is 2.62. The third-order valence-corrected chi connectivity index (χ3v) is 4.57. The maximum atomic E-state index is 12.0. The highest BCUT2D eigenvalue weighted by Crippen LogP contribution is 2.15. The Morgan fingerprint density at radius 2 is 1.56 bits per heavy atom. The molecule has 138 valence electrons. The van der Waals surface area contributed by atoms with Crippen molar-refractivity contribution in [3.05, 3.63) is 0 Å². The van der Waals surface area contributed by atoms with Crippen LogP contribution in [-0.2, 0) is 9.53 Å². The minimum atomic E-state index is -0.656. The van der Waals surface area contributed by atoms with Gasteiger partial charge >= 0.3 is 5.97 Å². The molecule has 0 spiro atoms. The van der Waals surface area contributed by atoms with Crippen LogP contribution in [0.2, 0.25) is 0 Å². The van der Waals surface area contributed by atoms with Gasteiger partial charge in [0.2, 0.25) is 0 Å². The zero-order valence-corrected chi connectivity index (χ0v) is 17.3. The van der Waals surface area contributed by atoms with Crippen molar-refractivity contribution in [3.63, 3.8) is 0 Å². The third-order valence-electron chi connectivity index (χ3n) is 3.97. The topological polar surface area (TPSA) is 26.3 Å². The van der Waals surface area contributed by atoms with Gasteiger partial charge in [0.15, 0.2) is 4.83 Å². The van der Waals surface area contributed by atoms with E-state index in [9.17, 15) is 4.79 Å². The van der Waals surface area contributed by atoms with Crippen LogP contribution >= 0.6 is 15.9 Å². The lowest BCUT2D eigenvalue weighted by molar-refractivity contribution is -0.147. The number of carbonyl (C=O) groups excluding carboxylic acids is 1. The van der Waals surface area contributed by atoms with Gasteiger partial charge in [0, 0.05) is 0 Å². The summed E-state index contributed by atoms with van der Waals surface area (Å²) in [4.78, 5) is 11.3. The van der Waals surface area contributed by atoms with Crippen LogP contribution in [-0.4, -0.2) is 16.9 Å². The first-order valence-electron chi connectivity index (χ1n) is 9.46. The second-order valence-corrected chi connectivity index (χ2v) is 7.03. The van der Waals surface area contributed by atoms with E-state index in [0.717, 1.165) is 19.3 Å². The Morgan fingerprint density at radius 3 is 2.12 bits per heavy atom. The zero-order valence-electron chi connectivity index (χ0n) is 15.7. The SMILES string of the molecule is C#CC#CC#CC(Br)C(=O)OC(CC)CCCCCCCCCCC. The van der Waals surface area contributed by atoms with E-state index in [-0.39, 0.29) is 12.1 Å². The minimum absolute atomic E-state index is 0.0318. The molecule has 0 saturated heterocycles.